The van der Waals surface area contributed by atoms with Crippen molar-refractivity contribution in [1.29, 1.82) is 5.41 Å². The van der Waals surface area contributed by atoms with Gasteiger partial charge in [0.15, 0.2) is 0 Å². The molecule has 0 aromatic heterocycles. The number of amidine groups is 1. The zero-order chi connectivity index (χ0) is 15.2. The van der Waals surface area contributed by atoms with Gasteiger partial charge in [0.2, 0.25) is 0 Å². The van der Waals surface area contributed by atoms with E-state index in [1.54, 1.807) is 25.3 Å². The Labute approximate surface area is 132 Å². The number of hydrogen-bond donors (Lipinski definition) is 2. The minimum absolute atomic E-state index is 0.0322. The summed E-state index contributed by atoms with van der Waals surface area (Å²) in [7, 11) is 1.69. The molecule has 0 aliphatic rings. The first-order valence-corrected chi connectivity index (χ1v) is 7.29. The molecule has 0 radical (unpaired) electrons. The Morgan fingerprint density at radius 3 is 2.48 bits per heavy atom. The molecule has 3 N–H and O–H groups in total. The molecular weight excluding hydrogens is 332 g/mol. The van der Waals surface area contributed by atoms with Crippen LogP contribution in [0.4, 0.5) is 0 Å². The highest BCUT2D eigenvalue weighted by Crippen LogP contribution is 2.30. The normalized spacial score (nSPS) is 10.4. The van der Waals surface area contributed by atoms with Crippen LogP contribution in [0.2, 0.25) is 0 Å². The number of benzene rings is 2. The summed E-state index contributed by atoms with van der Waals surface area (Å²) in [5.41, 5.74) is 7.31. The lowest BCUT2D eigenvalue weighted by molar-refractivity contribution is 0.202. The van der Waals surface area contributed by atoms with Crippen LogP contribution in [-0.2, 0) is 11.2 Å². The Morgan fingerprint density at radius 2 is 1.90 bits per heavy atom. The highest BCUT2D eigenvalue weighted by Gasteiger charge is 2.06. The second-order valence-corrected chi connectivity index (χ2v) is 5.40. The molecule has 0 saturated carbocycles. The quantitative estimate of drug-likeness (QED) is 0.617. The Morgan fingerprint density at radius 1 is 1.19 bits per heavy atom. The molecule has 0 aliphatic heterocycles. The Bertz CT molecular complexity index is 627. The van der Waals surface area contributed by atoms with E-state index in [4.69, 9.17) is 20.6 Å². The van der Waals surface area contributed by atoms with Crippen LogP contribution in [0.25, 0.3) is 0 Å². The maximum Gasteiger partial charge on any atom is 0.141 e. The lowest BCUT2D eigenvalue weighted by Crippen LogP contribution is -2.10. The van der Waals surface area contributed by atoms with E-state index in [-0.39, 0.29) is 5.84 Å². The van der Waals surface area contributed by atoms with Crippen LogP contribution in [0.3, 0.4) is 0 Å². The van der Waals surface area contributed by atoms with Gasteiger partial charge in [-0.05, 0) is 58.2 Å². The molecule has 0 unspecified atom stereocenters. The minimum atomic E-state index is 0.0322. The number of rotatable bonds is 6. The van der Waals surface area contributed by atoms with Gasteiger partial charge in [-0.2, -0.15) is 0 Å². The van der Waals surface area contributed by atoms with Crippen LogP contribution < -0.4 is 10.5 Å². The van der Waals surface area contributed by atoms with E-state index in [1.807, 2.05) is 24.3 Å². The third kappa shape index (κ3) is 4.31. The van der Waals surface area contributed by atoms with Crippen molar-refractivity contribution in [3.63, 3.8) is 0 Å². The fourth-order valence-electron chi connectivity index (χ4n) is 1.82. The number of hydrogen-bond acceptors (Lipinski definition) is 3. The molecule has 2 rings (SSSR count). The maximum absolute atomic E-state index is 7.41. The Balaban J connectivity index is 2.09. The summed E-state index contributed by atoms with van der Waals surface area (Å²) >= 11 is 3.43. The van der Waals surface area contributed by atoms with Gasteiger partial charge >= 0.3 is 0 Å². The molecule has 0 bridgehead atoms. The average Bonchev–Trinajstić information content (AvgIpc) is 2.48. The second kappa shape index (κ2) is 7.24. The number of methoxy groups -OCH3 is 1. The summed E-state index contributed by atoms with van der Waals surface area (Å²) in [6.07, 6.45) is 0.883. The van der Waals surface area contributed by atoms with Crippen molar-refractivity contribution in [3.05, 3.63) is 58.1 Å². The molecule has 2 aromatic carbocycles. The van der Waals surface area contributed by atoms with Crippen LogP contribution in [0, 0.1) is 5.41 Å². The third-order valence-electron chi connectivity index (χ3n) is 2.99. The van der Waals surface area contributed by atoms with Crippen LogP contribution in [0.15, 0.2) is 46.9 Å². The molecule has 21 heavy (non-hydrogen) atoms. The molecule has 0 fully saturated rings. The SMILES string of the molecule is COCCc1ccc(Oc2ccc(C(=N)N)cc2Br)cc1. The van der Waals surface area contributed by atoms with Crippen molar-refractivity contribution < 1.29 is 9.47 Å². The fourth-order valence-corrected chi connectivity index (χ4v) is 2.28. The lowest BCUT2D eigenvalue weighted by atomic mass is 10.1. The van der Waals surface area contributed by atoms with Gasteiger partial charge in [-0.1, -0.05) is 12.1 Å². The van der Waals surface area contributed by atoms with Crippen molar-refractivity contribution in [1.82, 2.24) is 0 Å². The molecule has 0 heterocycles. The van der Waals surface area contributed by atoms with Gasteiger partial charge in [0, 0.05) is 12.7 Å². The smallest absolute Gasteiger partial charge is 0.141 e. The van der Waals surface area contributed by atoms with Gasteiger partial charge in [0.05, 0.1) is 11.1 Å². The minimum Gasteiger partial charge on any atom is -0.456 e. The van der Waals surface area contributed by atoms with Gasteiger partial charge in [0.25, 0.3) is 0 Å². The van der Waals surface area contributed by atoms with Crippen LogP contribution >= 0.6 is 15.9 Å². The summed E-state index contributed by atoms with van der Waals surface area (Å²) in [4.78, 5) is 0. The summed E-state index contributed by atoms with van der Waals surface area (Å²) in [6.45, 7) is 0.707. The monoisotopic (exact) mass is 348 g/mol. The summed E-state index contributed by atoms with van der Waals surface area (Å²) in [6, 6.07) is 13.2. The Hall–Kier alpha value is -1.85. The number of ether oxygens (including phenoxy) is 2. The highest BCUT2D eigenvalue weighted by molar-refractivity contribution is 9.10. The Kier molecular flexibility index (Phi) is 5.36. The zero-order valence-electron chi connectivity index (χ0n) is 11.7. The van der Waals surface area contributed by atoms with Crippen molar-refractivity contribution in [2.45, 2.75) is 6.42 Å². The molecular formula is C16H17BrN2O2. The molecule has 110 valence electrons. The average molecular weight is 349 g/mol. The van der Waals surface area contributed by atoms with Gasteiger partial charge in [0.1, 0.15) is 17.3 Å². The van der Waals surface area contributed by atoms with Gasteiger partial charge in [-0.3, -0.25) is 5.41 Å². The van der Waals surface area contributed by atoms with E-state index in [0.717, 1.165) is 16.6 Å². The third-order valence-corrected chi connectivity index (χ3v) is 3.61. The van der Waals surface area contributed by atoms with Crippen LogP contribution in [-0.4, -0.2) is 19.6 Å². The first-order chi connectivity index (χ1) is 10.1. The largest absolute Gasteiger partial charge is 0.456 e. The van der Waals surface area contributed by atoms with E-state index < -0.39 is 0 Å². The predicted octanol–water partition coefficient (Wildman–Crippen LogP) is 3.71. The molecule has 5 heteroatoms. The first-order valence-electron chi connectivity index (χ1n) is 6.50. The topological polar surface area (TPSA) is 68.3 Å². The fraction of sp³-hybridized carbons (Fsp3) is 0.188. The highest BCUT2D eigenvalue weighted by atomic mass is 79.9. The number of nitrogens with two attached hydrogens (primary N) is 1. The number of nitrogens with one attached hydrogen (secondary N) is 1. The predicted molar refractivity (Wildman–Crippen MR) is 87.3 cm³/mol. The first kappa shape index (κ1) is 15.5. The van der Waals surface area contributed by atoms with Gasteiger partial charge < -0.3 is 15.2 Å². The molecule has 0 aliphatic carbocycles. The number of halogens is 1. The van der Waals surface area contributed by atoms with Gasteiger partial charge in [-0.25, -0.2) is 0 Å². The molecule has 0 amide bonds. The second-order valence-electron chi connectivity index (χ2n) is 4.55. The van der Waals surface area contributed by atoms with Crippen molar-refractivity contribution in [2.75, 3.05) is 13.7 Å². The molecule has 0 saturated heterocycles. The van der Waals surface area contributed by atoms with E-state index in [9.17, 15) is 0 Å². The van der Waals surface area contributed by atoms with Gasteiger partial charge in [-0.15, -0.1) is 0 Å². The summed E-state index contributed by atoms with van der Waals surface area (Å²) in [5.74, 6) is 1.47. The van der Waals surface area contributed by atoms with Crippen LogP contribution in [0.1, 0.15) is 11.1 Å². The lowest BCUT2D eigenvalue weighted by Gasteiger charge is -2.10. The van der Waals surface area contributed by atoms with E-state index in [0.29, 0.717) is 17.9 Å². The number of nitrogen functional groups attached to an aromatic ring is 1. The molecule has 0 spiro atoms. The standard InChI is InChI=1S/C16H17BrN2O2/c1-20-9-8-11-2-5-13(6-3-11)21-15-7-4-12(16(18)19)10-14(15)17/h2-7,10H,8-9H2,1H3,(H3,18,19). The van der Waals surface area contributed by atoms with E-state index in [2.05, 4.69) is 15.9 Å². The van der Waals surface area contributed by atoms with E-state index in [1.165, 1.54) is 5.56 Å². The maximum atomic E-state index is 7.41. The summed E-state index contributed by atoms with van der Waals surface area (Å²) < 4.78 is 11.6. The van der Waals surface area contributed by atoms with Crippen molar-refractivity contribution >= 4 is 21.8 Å². The molecule has 0 atom stereocenters. The van der Waals surface area contributed by atoms with Crippen molar-refractivity contribution in [3.8, 4) is 11.5 Å². The molecule has 2 aromatic rings. The van der Waals surface area contributed by atoms with Crippen molar-refractivity contribution in [2.24, 2.45) is 5.73 Å². The van der Waals surface area contributed by atoms with E-state index >= 15 is 0 Å². The zero-order valence-corrected chi connectivity index (χ0v) is 13.3. The van der Waals surface area contributed by atoms with Crippen LogP contribution in [0.5, 0.6) is 11.5 Å². The molecule has 4 nitrogen and oxygen atoms in total. The summed E-state index contributed by atoms with van der Waals surface area (Å²) in [5, 5.41) is 7.41.